The second-order valence-electron chi connectivity index (χ2n) is 4.14. The summed E-state index contributed by atoms with van der Waals surface area (Å²) in [4.78, 5) is 11.0. The molecule has 1 saturated heterocycles. The molecular formula is C11H16N2O3. The fraction of sp³-hybridized carbons (Fsp3) is 0.636. The van der Waals surface area contributed by atoms with Crippen LogP contribution in [0.15, 0.2) is 0 Å². The van der Waals surface area contributed by atoms with E-state index in [9.17, 15) is 4.79 Å². The van der Waals surface area contributed by atoms with Crippen LogP contribution in [0.5, 0.6) is 0 Å². The van der Waals surface area contributed by atoms with Gasteiger partial charge in [0.15, 0.2) is 5.69 Å². The van der Waals surface area contributed by atoms with Crippen LogP contribution < -0.4 is 0 Å². The van der Waals surface area contributed by atoms with E-state index >= 15 is 0 Å². The fourth-order valence-electron chi connectivity index (χ4n) is 2.25. The summed E-state index contributed by atoms with van der Waals surface area (Å²) >= 11 is 0. The number of hydrogen-bond donors (Lipinski definition) is 1. The summed E-state index contributed by atoms with van der Waals surface area (Å²) in [6.45, 7) is 2.54. The van der Waals surface area contributed by atoms with E-state index in [1.54, 1.807) is 18.7 Å². The minimum Gasteiger partial charge on any atom is -0.476 e. The summed E-state index contributed by atoms with van der Waals surface area (Å²) in [5.41, 5.74) is 1.76. The van der Waals surface area contributed by atoms with E-state index in [-0.39, 0.29) is 11.8 Å². The maximum Gasteiger partial charge on any atom is 0.356 e. The first-order valence-electron chi connectivity index (χ1n) is 5.49. The molecule has 5 nitrogen and oxygen atoms in total. The van der Waals surface area contributed by atoms with Crippen molar-refractivity contribution in [2.24, 2.45) is 7.05 Å². The number of aromatic nitrogens is 2. The topological polar surface area (TPSA) is 64.3 Å². The number of aryl methyl sites for hydroxylation is 1. The van der Waals surface area contributed by atoms with Crippen molar-refractivity contribution in [2.45, 2.75) is 32.3 Å². The van der Waals surface area contributed by atoms with E-state index in [0.29, 0.717) is 0 Å². The highest BCUT2D eigenvalue weighted by Crippen LogP contribution is 2.30. The van der Waals surface area contributed by atoms with Crippen LogP contribution in [0.25, 0.3) is 0 Å². The van der Waals surface area contributed by atoms with E-state index in [4.69, 9.17) is 9.84 Å². The van der Waals surface area contributed by atoms with Crippen molar-refractivity contribution >= 4 is 5.97 Å². The molecule has 16 heavy (non-hydrogen) atoms. The van der Waals surface area contributed by atoms with Gasteiger partial charge in [0.1, 0.15) is 0 Å². The Balaban J connectivity index is 2.36. The number of carbonyl (C=O) groups is 1. The third kappa shape index (κ3) is 1.82. The van der Waals surface area contributed by atoms with E-state index in [1.807, 2.05) is 0 Å². The van der Waals surface area contributed by atoms with Crippen molar-refractivity contribution in [3.8, 4) is 0 Å². The molecule has 0 bridgehead atoms. The van der Waals surface area contributed by atoms with Crippen LogP contribution in [-0.2, 0) is 11.8 Å². The normalized spacial score (nSPS) is 21.0. The molecule has 2 heterocycles. The number of aromatic carboxylic acids is 1. The minimum atomic E-state index is -0.977. The first-order valence-corrected chi connectivity index (χ1v) is 5.49. The highest BCUT2D eigenvalue weighted by molar-refractivity contribution is 5.87. The monoisotopic (exact) mass is 224 g/mol. The zero-order valence-corrected chi connectivity index (χ0v) is 9.56. The van der Waals surface area contributed by atoms with Gasteiger partial charge in [0.25, 0.3) is 0 Å². The van der Waals surface area contributed by atoms with Gasteiger partial charge in [-0.05, 0) is 26.2 Å². The van der Waals surface area contributed by atoms with Crippen molar-refractivity contribution in [1.82, 2.24) is 9.78 Å². The zero-order valence-electron chi connectivity index (χ0n) is 9.56. The Hall–Kier alpha value is -1.36. The van der Waals surface area contributed by atoms with Crippen LogP contribution in [0.1, 0.15) is 47.1 Å². The molecule has 0 aliphatic carbocycles. The number of nitrogens with zero attached hydrogens (tertiary/aromatic N) is 2. The highest BCUT2D eigenvalue weighted by Gasteiger charge is 2.25. The van der Waals surface area contributed by atoms with Gasteiger partial charge in [-0.2, -0.15) is 5.10 Å². The van der Waals surface area contributed by atoms with E-state index in [0.717, 1.165) is 37.1 Å². The molecule has 1 aliphatic rings. The molecule has 0 amide bonds. The Morgan fingerprint density at radius 2 is 2.31 bits per heavy atom. The first kappa shape index (κ1) is 11.1. The molecule has 0 saturated carbocycles. The Kier molecular flexibility index (Phi) is 2.96. The Morgan fingerprint density at radius 3 is 2.81 bits per heavy atom. The van der Waals surface area contributed by atoms with Gasteiger partial charge in [-0.3, -0.25) is 4.68 Å². The lowest BCUT2D eigenvalue weighted by molar-refractivity contribution is 0.00968. The zero-order chi connectivity index (χ0) is 11.7. The molecule has 1 aromatic rings. The summed E-state index contributed by atoms with van der Waals surface area (Å²) in [7, 11) is 1.77. The minimum absolute atomic E-state index is 0.000602. The van der Waals surface area contributed by atoms with Gasteiger partial charge in [-0.15, -0.1) is 0 Å². The van der Waals surface area contributed by atoms with Gasteiger partial charge in [0, 0.05) is 19.2 Å². The van der Waals surface area contributed by atoms with Crippen molar-refractivity contribution < 1.29 is 14.6 Å². The molecule has 1 N–H and O–H groups in total. The van der Waals surface area contributed by atoms with Crippen LogP contribution in [-0.4, -0.2) is 27.5 Å². The Labute approximate surface area is 94.0 Å². The van der Waals surface area contributed by atoms with Crippen LogP contribution in [0.2, 0.25) is 0 Å². The van der Waals surface area contributed by atoms with Crippen molar-refractivity contribution in [3.05, 3.63) is 17.0 Å². The van der Waals surface area contributed by atoms with Crippen LogP contribution in [0, 0.1) is 6.92 Å². The molecule has 0 spiro atoms. The van der Waals surface area contributed by atoms with Crippen LogP contribution in [0.4, 0.5) is 0 Å². The molecule has 1 aliphatic heterocycles. The maximum atomic E-state index is 11.0. The van der Waals surface area contributed by atoms with Crippen molar-refractivity contribution in [2.75, 3.05) is 6.61 Å². The molecule has 5 heteroatoms. The van der Waals surface area contributed by atoms with Gasteiger partial charge in [-0.1, -0.05) is 0 Å². The highest BCUT2D eigenvalue weighted by atomic mass is 16.5. The van der Waals surface area contributed by atoms with E-state index in [2.05, 4.69) is 5.10 Å². The van der Waals surface area contributed by atoms with Gasteiger partial charge < -0.3 is 9.84 Å². The van der Waals surface area contributed by atoms with Gasteiger partial charge in [0.2, 0.25) is 0 Å². The molecule has 0 radical (unpaired) electrons. The molecule has 1 unspecified atom stereocenters. The van der Waals surface area contributed by atoms with Crippen LogP contribution >= 0.6 is 0 Å². The quantitative estimate of drug-likeness (QED) is 0.829. The Bertz CT molecular complexity index is 406. The number of carboxylic acid groups (broad SMARTS) is 1. The lowest BCUT2D eigenvalue weighted by atomic mass is 10.0. The van der Waals surface area contributed by atoms with Gasteiger partial charge in [0.05, 0.1) is 11.8 Å². The summed E-state index contributed by atoms with van der Waals surface area (Å²) in [6.07, 6.45) is 3.15. The third-order valence-corrected chi connectivity index (χ3v) is 3.03. The smallest absolute Gasteiger partial charge is 0.356 e. The fourth-order valence-corrected chi connectivity index (χ4v) is 2.25. The summed E-state index contributed by atoms with van der Waals surface area (Å²) in [5, 5.41) is 13.0. The maximum absolute atomic E-state index is 11.0. The molecule has 1 atom stereocenters. The molecule has 1 aromatic heterocycles. The predicted octanol–water partition coefficient (Wildman–Crippen LogP) is 1.67. The Morgan fingerprint density at radius 1 is 1.56 bits per heavy atom. The number of carboxylic acids is 1. The lowest BCUT2D eigenvalue weighted by Crippen LogP contribution is -2.15. The largest absolute Gasteiger partial charge is 0.476 e. The average Bonchev–Trinajstić information content (AvgIpc) is 2.56. The molecule has 2 rings (SSSR count). The second-order valence-corrected chi connectivity index (χ2v) is 4.14. The second kappa shape index (κ2) is 4.25. The molecule has 1 fully saturated rings. The molecular weight excluding hydrogens is 208 g/mol. The number of hydrogen-bond acceptors (Lipinski definition) is 3. The lowest BCUT2D eigenvalue weighted by Gasteiger charge is -2.23. The third-order valence-electron chi connectivity index (χ3n) is 3.03. The average molecular weight is 224 g/mol. The number of rotatable bonds is 2. The van der Waals surface area contributed by atoms with Crippen molar-refractivity contribution in [1.29, 1.82) is 0 Å². The molecule has 0 aromatic carbocycles. The molecule has 88 valence electrons. The van der Waals surface area contributed by atoms with Crippen LogP contribution in [0.3, 0.4) is 0 Å². The van der Waals surface area contributed by atoms with E-state index in [1.165, 1.54) is 0 Å². The SMILES string of the molecule is Cc1c(C(=O)O)nn(C)c1C1CCCCO1. The number of ether oxygens (including phenoxy) is 1. The van der Waals surface area contributed by atoms with E-state index < -0.39 is 5.97 Å². The predicted molar refractivity (Wildman–Crippen MR) is 57.4 cm³/mol. The summed E-state index contributed by atoms with van der Waals surface area (Å²) in [6, 6.07) is 0. The van der Waals surface area contributed by atoms with Gasteiger partial charge in [-0.25, -0.2) is 4.79 Å². The van der Waals surface area contributed by atoms with Gasteiger partial charge >= 0.3 is 5.97 Å². The standard InChI is InChI=1S/C11H16N2O3/c1-7-9(11(14)15)12-13(2)10(7)8-5-3-4-6-16-8/h8H,3-6H2,1-2H3,(H,14,15). The first-order chi connectivity index (χ1) is 7.61. The van der Waals surface area contributed by atoms with Crippen molar-refractivity contribution in [3.63, 3.8) is 0 Å². The summed E-state index contributed by atoms with van der Waals surface area (Å²) in [5.74, 6) is -0.977. The summed E-state index contributed by atoms with van der Waals surface area (Å²) < 4.78 is 7.30.